The first-order valence-electron chi connectivity index (χ1n) is 9.68. The number of hydrogen-bond donors (Lipinski definition) is 0. The van der Waals surface area contributed by atoms with Crippen LogP contribution in [-0.2, 0) is 27.1 Å². The van der Waals surface area contributed by atoms with E-state index in [-0.39, 0.29) is 11.5 Å². The number of hydrogen-bond acceptors (Lipinski definition) is 3. The maximum absolute atomic E-state index is 13.0. The Hall–Kier alpha value is -3.09. The van der Waals surface area contributed by atoms with Crippen LogP contribution in [0.3, 0.4) is 0 Å². The monoisotopic (exact) mass is 417 g/mol. The molecule has 3 rings (SSSR count). The summed E-state index contributed by atoms with van der Waals surface area (Å²) in [7, 11) is 0. The van der Waals surface area contributed by atoms with Gasteiger partial charge in [0.25, 0.3) is 0 Å². The zero-order valence-electron chi connectivity index (χ0n) is 16.3. The molecule has 1 aliphatic rings. The van der Waals surface area contributed by atoms with Gasteiger partial charge in [-0.1, -0.05) is 48.5 Å². The summed E-state index contributed by atoms with van der Waals surface area (Å²) in [6, 6.07) is 14.5. The van der Waals surface area contributed by atoms with Crippen LogP contribution >= 0.6 is 0 Å². The molecule has 0 N–H and O–H groups in total. The van der Waals surface area contributed by atoms with E-state index in [1.165, 1.54) is 24.3 Å². The lowest BCUT2D eigenvalue weighted by atomic mass is 9.97. The highest BCUT2D eigenvalue weighted by atomic mass is 19.4. The second-order valence-corrected chi connectivity index (χ2v) is 7.11. The molecule has 0 saturated carbocycles. The Labute approximate surface area is 173 Å². The van der Waals surface area contributed by atoms with E-state index in [2.05, 4.69) is 0 Å². The summed E-state index contributed by atoms with van der Waals surface area (Å²) in [6.45, 7) is 0.376. The van der Waals surface area contributed by atoms with Gasteiger partial charge in [-0.25, -0.2) is 0 Å². The molecular formula is C23H22F3NO3. The van der Waals surface area contributed by atoms with Gasteiger partial charge in [0, 0.05) is 24.7 Å². The van der Waals surface area contributed by atoms with Gasteiger partial charge in [-0.05, 0) is 30.5 Å². The molecule has 1 fully saturated rings. The van der Waals surface area contributed by atoms with Crippen molar-refractivity contribution in [3.63, 3.8) is 0 Å². The van der Waals surface area contributed by atoms with E-state index in [4.69, 9.17) is 4.74 Å². The fourth-order valence-corrected chi connectivity index (χ4v) is 3.36. The lowest BCUT2D eigenvalue weighted by molar-refractivity contribution is -0.154. The quantitative estimate of drug-likeness (QED) is 0.523. The standard InChI is InChI=1S/C23H22F3NO3/c24-23(25,26)20-9-5-4-8-19(20)16-30-22(29)18-12-14-27(15-13-18)21(28)11-10-17-6-2-1-3-7-17/h1-11,18H,12-16H2/b11-10+. The molecule has 4 nitrogen and oxygen atoms in total. The van der Waals surface area contributed by atoms with Crippen LogP contribution < -0.4 is 0 Å². The fourth-order valence-electron chi connectivity index (χ4n) is 3.36. The molecule has 1 amide bonds. The van der Waals surface area contributed by atoms with Crippen molar-refractivity contribution in [1.29, 1.82) is 0 Å². The molecule has 0 spiro atoms. The van der Waals surface area contributed by atoms with Crippen LogP contribution in [0.1, 0.15) is 29.5 Å². The number of alkyl halides is 3. The van der Waals surface area contributed by atoms with Gasteiger partial charge >= 0.3 is 12.1 Å². The summed E-state index contributed by atoms with van der Waals surface area (Å²) in [6.07, 6.45) is -0.417. The van der Waals surface area contributed by atoms with Gasteiger partial charge in [0.05, 0.1) is 11.5 Å². The largest absolute Gasteiger partial charge is 0.461 e. The molecule has 1 aliphatic heterocycles. The number of ether oxygens (including phenoxy) is 1. The lowest BCUT2D eigenvalue weighted by Crippen LogP contribution is -2.39. The summed E-state index contributed by atoms with van der Waals surface area (Å²) in [5, 5.41) is 0. The minimum absolute atomic E-state index is 0.0722. The molecule has 1 saturated heterocycles. The third kappa shape index (κ3) is 5.72. The molecule has 1 heterocycles. The van der Waals surface area contributed by atoms with Crippen LogP contribution in [0, 0.1) is 5.92 Å². The maximum Gasteiger partial charge on any atom is 0.416 e. The molecule has 2 aromatic rings. The van der Waals surface area contributed by atoms with Gasteiger partial charge in [0.1, 0.15) is 6.61 Å². The van der Waals surface area contributed by atoms with E-state index >= 15 is 0 Å². The summed E-state index contributed by atoms with van der Waals surface area (Å²) in [5.41, 5.74) is 0.0453. The molecule has 0 aliphatic carbocycles. The summed E-state index contributed by atoms with van der Waals surface area (Å²) >= 11 is 0. The topological polar surface area (TPSA) is 46.6 Å². The van der Waals surface area contributed by atoms with Crippen molar-refractivity contribution in [2.24, 2.45) is 5.92 Å². The Morgan fingerprint density at radius 3 is 2.30 bits per heavy atom. The van der Waals surface area contributed by atoms with Crippen LogP contribution in [0.15, 0.2) is 60.7 Å². The Morgan fingerprint density at radius 1 is 1.00 bits per heavy atom. The smallest absolute Gasteiger partial charge is 0.416 e. The van der Waals surface area contributed by atoms with Crippen LogP contribution in [0.4, 0.5) is 13.2 Å². The molecule has 0 radical (unpaired) electrons. The van der Waals surface area contributed by atoms with Gasteiger partial charge in [0.2, 0.25) is 5.91 Å². The molecule has 158 valence electrons. The highest BCUT2D eigenvalue weighted by molar-refractivity contribution is 5.92. The number of amides is 1. The first-order chi connectivity index (χ1) is 14.3. The third-order valence-electron chi connectivity index (χ3n) is 5.05. The zero-order valence-corrected chi connectivity index (χ0v) is 16.3. The predicted octanol–water partition coefficient (Wildman–Crippen LogP) is 4.70. The zero-order chi connectivity index (χ0) is 21.6. The minimum Gasteiger partial charge on any atom is -0.461 e. The first kappa shape index (κ1) is 21.6. The van der Waals surface area contributed by atoms with Crippen molar-refractivity contribution in [2.75, 3.05) is 13.1 Å². The van der Waals surface area contributed by atoms with Gasteiger partial charge < -0.3 is 9.64 Å². The number of halogens is 3. The van der Waals surface area contributed by atoms with Crippen molar-refractivity contribution in [3.8, 4) is 0 Å². The Bertz CT molecular complexity index is 901. The maximum atomic E-state index is 13.0. The lowest BCUT2D eigenvalue weighted by Gasteiger charge is -2.30. The van der Waals surface area contributed by atoms with Crippen LogP contribution in [-0.4, -0.2) is 29.9 Å². The van der Waals surface area contributed by atoms with Crippen LogP contribution in [0.2, 0.25) is 0 Å². The van der Waals surface area contributed by atoms with Crippen molar-refractivity contribution < 1.29 is 27.5 Å². The number of benzene rings is 2. The normalized spacial score (nSPS) is 15.4. The van der Waals surface area contributed by atoms with E-state index in [9.17, 15) is 22.8 Å². The number of likely N-dealkylation sites (tertiary alicyclic amines) is 1. The van der Waals surface area contributed by atoms with E-state index in [1.54, 1.807) is 11.0 Å². The van der Waals surface area contributed by atoms with E-state index in [0.717, 1.165) is 11.6 Å². The van der Waals surface area contributed by atoms with Crippen LogP contribution in [0.5, 0.6) is 0 Å². The molecular weight excluding hydrogens is 395 g/mol. The van der Waals surface area contributed by atoms with Gasteiger partial charge in [-0.15, -0.1) is 0 Å². The number of esters is 1. The van der Waals surface area contributed by atoms with Gasteiger partial charge in [-0.2, -0.15) is 13.2 Å². The Kier molecular flexibility index (Phi) is 6.92. The fraction of sp³-hybridized carbons (Fsp3) is 0.304. The number of piperidine rings is 1. The molecule has 0 unspecified atom stereocenters. The Balaban J connectivity index is 1.49. The van der Waals surface area contributed by atoms with E-state index in [0.29, 0.717) is 25.9 Å². The van der Waals surface area contributed by atoms with E-state index in [1.807, 2.05) is 30.3 Å². The minimum atomic E-state index is -4.50. The first-order valence-corrected chi connectivity index (χ1v) is 9.68. The number of nitrogens with zero attached hydrogens (tertiary/aromatic N) is 1. The number of rotatable bonds is 5. The molecule has 0 bridgehead atoms. The van der Waals surface area contributed by atoms with Gasteiger partial charge in [0.15, 0.2) is 0 Å². The van der Waals surface area contributed by atoms with Gasteiger partial charge in [-0.3, -0.25) is 9.59 Å². The van der Waals surface area contributed by atoms with Crippen molar-refractivity contribution in [1.82, 2.24) is 4.90 Å². The average Bonchev–Trinajstić information content (AvgIpc) is 2.76. The third-order valence-corrected chi connectivity index (χ3v) is 5.05. The second kappa shape index (κ2) is 9.61. The molecule has 7 heteroatoms. The Morgan fingerprint density at radius 2 is 1.63 bits per heavy atom. The molecule has 0 atom stereocenters. The number of carbonyl (C=O) groups is 2. The van der Waals surface area contributed by atoms with Crippen molar-refractivity contribution >= 4 is 18.0 Å². The summed E-state index contributed by atoms with van der Waals surface area (Å²) in [4.78, 5) is 26.3. The summed E-state index contributed by atoms with van der Waals surface area (Å²) in [5.74, 6) is -1.09. The average molecular weight is 417 g/mol. The summed E-state index contributed by atoms with van der Waals surface area (Å²) < 4.78 is 44.2. The molecule has 30 heavy (non-hydrogen) atoms. The predicted molar refractivity (Wildman–Crippen MR) is 106 cm³/mol. The number of carbonyl (C=O) groups excluding carboxylic acids is 2. The van der Waals surface area contributed by atoms with E-state index < -0.39 is 30.2 Å². The SMILES string of the molecule is O=C(OCc1ccccc1C(F)(F)F)C1CCN(C(=O)/C=C/c2ccccc2)CC1. The van der Waals surface area contributed by atoms with Crippen molar-refractivity contribution in [2.45, 2.75) is 25.6 Å². The highest BCUT2D eigenvalue weighted by Gasteiger charge is 2.33. The van der Waals surface area contributed by atoms with Crippen molar-refractivity contribution in [3.05, 3.63) is 77.4 Å². The van der Waals surface area contributed by atoms with Crippen LogP contribution in [0.25, 0.3) is 6.08 Å². The second-order valence-electron chi connectivity index (χ2n) is 7.11. The highest BCUT2D eigenvalue weighted by Crippen LogP contribution is 2.32. The molecule has 2 aromatic carbocycles. The molecule has 0 aromatic heterocycles.